The van der Waals surface area contributed by atoms with Crippen LogP contribution in [-0.2, 0) is 9.47 Å². The number of fused-ring (bicyclic) bond motifs is 1. The van der Waals surface area contributed by atoms with Crippen LogP contribution in [0.3, 0.4) is 0 Å². The Balaban J connectivity index is 1.61. The van der Waals surface area contributed by atoms with Gasteiger partial charge in [-0.3, -0.25) is 14.5 Å². The third-order valence-corrected chi connectivity index (χ3v) is 7.91. The van der Waals surface area contributed by atoms with Gasteiger partial charge in [0.15, 0.2) is 6.29 Å². The van der Waals surface area contributed by atoms with Crippen LogP contribution in [0.2, 0.25) is 0 Å². The van der Waals surface area contributed by atoms with Crippen molar-refractivity contribution in [2.24, 2.45) is 0 Å². The van der Waals surface area contributed by atoms with Crippen molar-refractivity contribution < 1.29 is 19.1 Å². The van der Waals surface area contributed by atoms with Crippen LogP contribution in [0, 0.1) is 0 Å². The maximum Gasteiger partial charge on any atom is 0.261 e. The van der Waals surface area contributed by atoms with Crippen molar-refractivity contribution in [2.45, 2.75) is 142 Å². The molecule has 1 unspecified atom stereocenters. The summed E-state index contributed by atoms with van der Waals surface area (Å²) in [5, 5.41) is 0. The van der Waals surface area contributed by atoms with Crippen LogP contribution in [0.4, 0.5) is 0 Å². The fraction of sp³-hybridized carbons (Fsp3) is 0.676. The zero-order chi connectivity index (χ0) is 30.1. The molecule has 236 valence electrons. The fourth-order valence-corrected chi connectivity index (χ4v) is 5.29. The molecule has 42 heavy (non-hydrogen) atoms. The minimum atomic E-state index is -0.578. The zero-order valence-corrected chi connectivity index (χ0v) is 26.8. The van der Waals surface area contributed by atoms with E-state index in [4.69, 9.17) is 9.47 Å². The van der Waals surface area contributed by atoms with E-state index in [0.29, 0.717) is 24.3 Å². The molecule has 1 aliphatic heterocycles. The fourth-order valence-electron chi connectivity index (χ4n) is 5.29. The Hall–Kier alpha value is -2.24. The number of allylic oxidation sites excluding steroid dienone is 4. The van der Waals surface area contributed by atoms with E-state index in [-0.39, 0.29) is 18.4 Å². The third kappa shape index (κ3) is 15.3. The molecule has 5 nitrogen and oxygen atoms in total. The number of nitrogens with zero attached hydrogens (tertiary/aromatic N) is 1. The lowest BCUT2D eigenvalue weighted by Gasteiger charge is -2.23. The molecule has 0 aromatic heterocycles. The van der Waals surface area contributed by atoms with E-state index >= 15 is 0 Å². The van der Waals surface area contributed by atoms with E-state index in [1.54, 1.807) is 24.3 Å². The first-order chi connectivity index (χ1) is 20.7. The molecule has 0 bridgehead atoms. The molecule has 1 heterocycles. The molecule has 0 saturated heterocycles. The summed E-state index contributed by atoms with van der Waals surface area (Å²) in [7, 11) is 0. The van der Waals surface area contributed by atoms with Crippen LogP contribution >= 0.6 is 0 Å². The molecule has 1 atom stereocenters. The lowest BCUT2D eigenvalue weighted by molar-refractivity contribution is -0.148. The van der Waals surface area contributed by atoms with E-state index < -0.39 is 6.29 Å². The largest absolute Gasteiger partial charge is 0.351 e. The maximum atomic E-state index is 12.9. The molecule has 0 saturated carbocycles. The quantitative estimate of drug-likeness (QED) is 0.0449. The zero-order valence-electron chi connectivity index (χ0n) is 26.8. The summed E-state index contributed by atoms with van der Waals surface area (Å²) in [4.78, 5) is 27.0. The smallest absolute Gasteiger partial charge is 0.261 e. The predicted molar refractivity (Wildman–Crippen MR) is 175 cm³/mol. The van der Waals surface area contributed by atoms with Gasteiger partial charge in [-0.05, 0) is 57.1 Å². The highest BCUT2D eigenvalue weighted by Gasteiger charge is 2.36. The Bertz CT molecular complexity index is 874. The SMILES string of the molecule is CCCCC/C=C\C/C=C\CCCCCCCCOC(CN1C(=O)c2ccccc2C1=O)OCCCCCCCCC. The first-order valence-corrected chi connectivity index (χ1v) is 17.2. The van der Waals surface area contributed by atoms with Gasteiger partial charge in [-0.1, -0.05) is 127 Å². The van der Waals surface area contributed by atoms with Crippen LogP contribution in [0.25, 0.3) is 0 Å². The number of hydrogen-bond acceptors (Lipinski definition) is 4. The van der Waals surface area contributed by atoms with Gasteiger partial charge in [0.2, 0.25) is 0 Å². The number of carbonyl (C=O) groups excluding carboxylic acids is 2. The highest BCUT2D eigenvalue weighted by molar-refractivity contribution is 6.21. The molecule has 0 fully saturated rings. The molecule has 2 rings (SSSR count). The summed E-state index contributed by atoms with van der Waals surface area (Å²) in [5.74, 6) is -0.505. The molecule has 1 aromatic rings. The van der Waals surface area contributed by atoms with Crippen molar-refractivity contribution in [3.05, 3.63) is 59.7 Å². The van der Waals surface area contributed by atoms with Crippen molar-refractivity contribution in [1.82, 2.24) is 4.90 Å². The van der Waals surface area contributed by atoms with E-state index in [1.807, 2.05) is 0 Å². The number of imide groups is 1. The average Bonchev–Trinajstić information content (AvgIpc) is 3.24. The van der Waals surface area contributed by atoms with Gasteiger partial charge in [0, 0.05) is 13.2 Å². The molecule has 1 aliphatic rings. The average molecular weight is 582 g/mol. The van der Waals surface area contributed by atoms with Crippen LogP contribution in [0.15, 0.2) is 48.6 Å². The summed E-state index contributed by atoms with van der Waals surface area (Å²) >= 11 is 0. The number of carbonyl (C=O) groups is 2. The van der Waals surface area contributed by atoms with Crippen LogP contribution in [-0.4, -0.2) is 42.8 Å². The van der Waals surface area contributed by atoms with Gasteiger partial charge in [0.25, 0.3) is 11.8 Å². The van der Waals surface area contributed by atoms with E-state index in [0.717, 1.165) is 32.1 Å². The Morgan fingerprint density at radius 1 is 0.595 bits per heavy atom. The van der Waals surface area contributed by atoms with Crippen molar-refractivity contribution in [1.29, 1.82) is 0 Å². The molecule has 0 radical (unpaired) electrons. The summed E-state index contributed by atoms with van der Waals surface area (Å²) in [6.07, 6.45) is 31.5. The second-order valence-corrected chi connectivity index (χ2v) is 11.6. The van der Waals surface area contributed by atoms with Crippen LogP contribution in [0.5, 0.6) is 0 Å². The van der Waals surface area contributed by atoms with Gasteiger partial charge in [-0.2, -0.15) is 0 Å². The van der Waals surface area contributed by atoms with Gasteiger partial charge >= 0.3 is 0 Å². The Morgan fingerprint density at radius 2 is 1.02 bits per heavy atom. The van der Waals surface area contributed by atoms with Gasteiger partial charge in [-0.15, -0.1) is 0 Å². The predicted octanol–water partition coefficient (Wildman–Crippen LogP) is 10.2. The lowest BCUT2D eigenvalue weighted by Crippen LogP contribution is -2.39. The number of benzene rings is 1. The summed E-state index contributed by atoms with van der Waals surface area (Å²) in [6, 6.07) is 7.03. The summed E-state index contributed by atoms with van der Waals surface area (Å²) < 4.78 is 12.2. The molecular formula is C37H59NO4. The molecule has 1 aromatic carbocycles. The van der Waals surface area contributed by atoms with Gasteiger partial charge in [-0.25, -0.2) is 0 Å². The minimum Gasteiger partial charge on any atom is -0.351 e. The highest BCUT2D eigenvalue weighted by Crippen LogP contribution is 2.23. The minimum absolute atomic E-state index is 0.144. The van der Waals surface area contributed by atoms with Crippen molar-refractivity contribution in [3.8, 4) is 0 Å². The Morgan fingerprint density at radius 3 is 1.55 bits per heavy atom. The highest BCUT2D eigenvalue weighted by atomic mass is 16.7. The number of unbranched alkanes of at least 4 members (excludes halogenated alkanes) is 15. The standard InChI is InChI=1S/C37H59NO4/c1-3-5-7-9-11-12-13-14-15-16-17-18-19-21-23-27-31-42-35(41-30-26-22-20-10-8-6-4-2)32-38-36(39)33-28-24-25-29-34(33)37(38)40/h11-12,14-15,24-25,28-29,35H,3-10,13,16-23,26-27,30-32H2,1-2H3/b12-11-,15-14-. The van der Waals surface area contributed by atoms with Crippen LogP contribution in [0.1, 0.15) is 157 Å². The van der Waals surface area contributed by atoms with E-state index in [1.165, 1.54) is 94.8 Å². The monoisotopic (exact) mass is 581 g/mol. The molecule has 0 N–H and O–H groups in total. The first-order valence-electron chi connectivity index (χ1n) is 17.2. The molecular weight excluding hydrogens is 522 g/mol. The van der Waals surface area contributed by atoms with Crippen LogP contribution < -0.4 is 0 Å². The van der Waals surface area contributed by atoms with E-state index in [9.17, 15) is 9.59 Å². The number of rotatable bonds is 27. The topological polar surface area (TPSA) is 55.8 Å². The van der Waals surface area contributed by atoms with Crippen molar-refractivity contribution in [3.63, 3.8) is 0 Å². The normalized spacial score (nSPS) is 14.1. The summed E-state index contributed by atoms with van der Waals surface area (Å²) in [5.41, 5.74) is 0.942. The molecule has 5 heteroatoms. The van der Waals surface area contributed by atoms with Gasteiger partial charge in [0.1, 0.15) is 0 Å². The third-order valence-electron chi connectivity index (χ3n) is 7.91. The summed E-state index contributed by atoms with van der Waals surface area (Å²) in [6.45, 7) is 5.80. The van der Waals surface area contributed by atoms with E-state index in [2.05, 4.69) is 38.2 Å². The second kappa shape index (κ2) is 24.2. The second-order valence-electron chi connectivity index (χ2n) is 11.6. The molecule has 0 aliphatic carbocycles. The number of amides is 2. The van der Waals surface area contributed by atoms with Crippen molar-refractivity contribution in [2.75, 3.05) is 19.8 Å². The molecule has 0 spiro atoms. The van der Waals surface area contributed by atoms with Gasteiger partial charge in [0.05, 0.1) is 17.7 Å². The maximum absolute atomic E-state index is 12.9. The van der Waals surface area contributed by atoms with Gasteiger partial charge < -0.3 is 9.47 Å². The Labute approximate surface area is 257 Å². The lowest BCUT2D eigenvalue weighted by atomic mass is 10.1. The number of hydrogen-bond donors (Lipinski definition) is 0. The molecule has 2 amide bonds. The first kappa shape index (κ1) is 36.0. The Kier molecular flexibility index (Phi) is 20.7. The van der Waals surface area contributed by atoms with Crippen molar-refractivity contribution >= 4 is 11.8 Å². The number of ether oxygens (including phenoxy) is 2.